The summed E-state index contributed by atoms with van der Waals surface area (Å²) in [6, 6.07) is 6.42. The van der Waals surface area contributed by atoms with Crippen molar-refractivity contribution < 1.29 is 19.1 Å². The molecule has 1 aliphatic carbocycles. The number of anilines is 1. The minimum Gasteiger partial charge on any atom is -0.452 e. The molecule has 2 rings (SSSR count). The van der Waals surface area contributed by atoms with Crippen LogP contribution in [0.4, 0.5) is 5.69 Å². The van der Waals surface area contributed by atoms with Crippen LogP contribution in [-0.4, -0.2) is 30.4 Å². The largest absolute Gasteiger partial charge is 0.452 e. The normalized spacial score (nSPS) is 14.8. The van der Waals surface area contributed by atoms with E-state index in [9.17, 15) is 14.4 Å². The lowest BCUT2D eigenvalue weighted by Crippen LogP contribution is -2.37. The van der Waals surface area contributed by atoms with Crippen LogP contribution in [-0.2, 0) is 14.3 Å². The number of esters is 1. The van der Waals surface area contributed by atoms with Crippen LogP contribution in [0.5, 0.6) is 0 Å². The van der Waals surface area contributed by atoms with Gasteiger partial charge in [0.2, 0.25) is 5.91 Å². The third kappa shape index (κ3) is 4.87. The van der Waals surface area contributed by atoms with E-state index in [4.69, 9.17) is 4.74 Å². The first kappa shape index (κ1) is 16.0. The van der Waals surface area contributed by atoms with Gasteiger partial charge in [-0.1, -0.05) is 0 Å². The van der Waals surface area contributed by atoms with Crippen LogP contribution < -0.4 is 10.6 Å². The number of hydrogen-bond acceptors (Lipinski definition) is 4. The third-order valence-electron chi connectivity index (χ3n) is 3.49. The van der Waals surface area contributed by atoms with Crippen molar-refractivity contribution in [2.45, 2.75) is 32.7 Å². The molecule has 0 spiro atoms. The van der Waals surface area contributed by atoms with Gasteiger partial charge >= 0.3 is 5.97 Å². The average Bonchev–Trinajstić information content (AvgIpc) is 3.29. The Morgan fingerprint density at radius 1 is 1.23 bits per heavy atom. The fourth-order valence-electron chi connectivity index (χ4n) is 2.12. The molecule has 2 N–H and O–H groups in total. The predicted molar refractivity (Wildman–Crippen MR) is 81.4 cm³/mol. The van der Waals surface area contributed by atoms with Gasteiger partial charge in [0.1, 0.15) is 0 Å². The van der Waals surface area contributed by atoms with Gasteiger partial charge in [-0.3, -0.25) is 9.59 Å². The zero-order chi connectivity index (χ0) is 16.1. The number of amides is 2. The van der Waals surface area contributed by atoms with Crippen LogP contribution >= 0.6 is 0 Å². The Bertz CT molecular complexity index is 564. The molecule has 1 aromatic carbocycles. The van der Waals surface area contributed by atoms with E-state index in [2.05, 4.69) is 10.6 Å². The highest BCUT2D eigenvalue weighted by Gasteiger charge is 2.28. The van der Waals surface area contributed by atoms with E-state index < -0.39 is 5.97 Å². The molecule has 0 bridgehead atoms. The Labute approximate surface area is 129 Å². The zero-order valence-electron chi connectivity index (χ0n) is 12.7. The molecule has 118 valence electrons. The molecule has 0 heterocycles. The van der Waals surface area contributed by atoms with Crippen molar-refractivity contribution >= 4 is 23.5 Å². The lowest BCUT2D eigenvalue weighted by atomic mass is 10.2. The molecule has 22 heavy (non-hydrogen) atoms. The first-order chi connectivity index (χ1) is 10.5. The Morgan fingerprint density at radius 2 is 1.86 bits per heavy atom. The summed E-state index contributed by atoms with van der Waals surface area (Å²) in [6.45, 7) is 3.07. The van der Waals surface area contributed by atoms with Crippen molar-refractivity contribution in [2.24, 2.45) is 5.92 Å². The van der Waals surface area contributed by atoms with Crippen LogP contribution in [0.3, 0.4) is 0 Å². The summed E-state index contributed by atoms with van der Waals surface area (Å²) < 4.78 is 4.97. The molecular weight excluding hydrogens is 284 g/mol. The fourth-order valence-corrected chi connectivity index (χ4v) is 2.12. The highest BCUT2D eigenvalue weighted by atomic mass is 16.5. The molecule has 2 amide bonds. The van der Waals surface area contributed by atoms with E-state index in [-0.39, 0.29) is 24.5 Å². The van der Waals surface area contributed by atoms with Gasteiger partial charge in [0.05, 0.1) is 5.56 Å². The molecule has 1 aliphatic rings. The van der Waals surface area contributed by atoms with E-state index in [1.807, 2.05) is 6.92 Å². The topological polar surface area (TPSA) is 84.5 Å². The monoisotopic (exact) mass is 304 g/mol. The van der Waals surface area contributed by atoms with Crippen molar-refractivity contribution in [3.63, 3.8) is 0 Å². The molecule has 1 fully saturated rings. The lowest BCUT2D eigenvalue weighted by molar-refractivity contribution is -0.125. The minimum absolute atomic E-state index is 0.128. The van der Waals surface area contributed by atoms with Crippen LogP contribution in [0.2, 0.25) is 0 Å². The third-order valence-corrected chi connectivity index (χ3v) is 3.49. The standard InChI is InChI=1S/C16H20N2O4/c1-10(12-3-4-12)17-15(20)9-22-16(21)13-5-7-14(8-6-13)18-11(2)19/h5-8,10,12H,3-4,9H2,1-2H3,(H,17,20)(H,18,19)/t10-/m0/s1. The lowest BCUT2D eigenvalue weighted by Gasteiger charge is -2.12. The molecule has 1 saturated carbocycles. The highest BCUT2D eigenvalue weighted by molar-refractivity contribution is 5.93. The quantitative estimate of drug-likeness (QED) is 0.784. The molecule has 6 heteroatoms. The number of hydrogen-bond donors (Lipinski definition) is 2. The van der Waals surface area contributed by atoms with Gasteiger partial charge in [-0.15, -0.1) is 0 Å². The highest BCUT2D eigenvalue weighted by Crippen LogP contribution is 2.32. The van der Waals surface area contributed by atoms with Crippen molar-refractivity contribution in [1.29, 1.82) is 0 Å². The van der Waals surface area contributed by atoms with E-state index in [1.54, 1.807) is 24.3 Å². The summed E-state index contributed by atoms with van der Waals surface area (Å²) in [5.74, 6) is -0.482. The fraction of sp³-hybridized carbons (Fsp3) is 0.438. The van der Waals surface area contributed by atoms with Crippen LogP contribution in [0, 0.1) is 5.92 Å². The van der Waals surface area contributed by atoms with Crippen LogP contribution in [0.1, 0.15) is 37.0 Å². The maximum absolute atomic E-state index is 11.8. The molecule has 0 unspecified atom stereocenters. The molecule has 0 saturated heterocycles. The van der Waals surface area contributed by atoms with Crippen LogP contribution in [0.25, 0.3) is 0 Å². The SMILES string of the molecule is CC(=O)Nc1ccc(C(=O)OCC(=O)N[C@@H](C)C2CC2)cc1. The maximum Gasteiger partial charge on any atom is 0.338 e. The zero-order valence-corrected chi connectivity index (χ0v) is 12.7. The Balaban J connectivity index is 1.78. The van der Waals surface area contributed by atoms with Gasteiger partial charge in [-0.2, -0.15) is 0 Å². The summed E-state index contributed by atoms with van der Waals surface area (Å²) in [6.07, 6.45) is 2.28. The van der Waals surface area contributed by atoms with Crippen molar-refractivity contribution in [1.82, 2.24) is 5.32 Å². The molecule has 0 aromatic heterocycles. The number of rotatable bonds is 6. The summed E-state index contributed by atoms with van der Waals surface area (Å²) in [7, 11) is 0. The number of carbonyl (C=O) groups is 3. The predicted octanol–water partition coefficient (Wildman–Crippen LogP) is 1.72. The van der Waals surface area contributed by atoms with E-state index in [0.717, 1.165) is 12.8 Å². The summed E-state index contributed by atoms with van der Waals surface area (Å²) >= 11 is 0. The molecule has 6 nitrogen and oxygen atoms in total. The maximum atomic E-state index is 11.8. The number of carbonyl (C=O) groups excluding carboxylic acids is 3. The van der Waals surface area contributed by atoms with Gasteiger partial charge in [-0.05, 0) is 49.9 Å². The van der Waals surface area contributed by atoms with E-state index in [1.165, 1.54) is 6.92 Å². The number of ether oxygens (including phenoxy) is 1. The minimum atomic E-state index is -0.566. The van der Waals surface area contributed by atoms with Gasteiger partial charge in [0, 0.05) is 18.7 Å². The second-order valence-electron chi connectivity index (χ2n) is 5.53. The molecule has 1 atom stereocenters. The molecule has 0 aliphatic heterocycles. The van der Waals surface area contributed by atoms with Crippen molar-refractivity contribution in [3.05, 3.63) is 29.8 Å². The first-order valence-corrected chi connectivity index (χ1v) is 7.30. The van der Waals surface area contributed by atoms with Gasteiger partial charge in [-0.25, -0.2) is 4.79 Å². The molecular formula is C16H20N2O4. The van der Waals surface area contributed by atoms with Crippen molar-refractivity contribution in [2.75, 3.05) is 11.9 Å². The summed E-state index contributed by atoms with van der Waals surface area (Å²) in [5.41, 5.74) is 0.928. The Morgan fingerprint density at radius 3 is 2.41 bits per heavy atom. The average molecular weight is 304 g/mol. The van der Waals surface area contributed by atoms with E-state index >= 15 is 0 Å². The molecule has 1 aromatic rings. The molecule has 0 radical (unpaired) electrons. The Hall–Kier alpha value is -2.37. The summed E-state index contributed by atoms with van der Waals surface area (Å²) in [5, 5.41) is 5.42. The summed E-state index contributed by atoms with van der Waals surface area (Å²) in [4.78, 5) is 34.4. The number of nitrogens with one attached hydrogen (secondary N) is 2. The Kier molecular flexibility index (Phi) is 5.14. The number of benzene rings is 1. The smallest absolute Gasteiger partial charge is 0.338 e. The van der Waals surface area contributed by atoms with E-state index in [0.29, 0.717) is 17.2 Å². The second kappa shape index (κ2) is 7.06. The van der Waals surface area contributed by atoms with Gasteiger partial charge < -0.3 is 15.4 Å². The van der Waals surface area contributed by atoms with Gasteiger partial charge in [0.25, 0.3) is 5.91 Å². The second-order valence-corrected chi connectivity index (χ2v) is 5.53. The van der Waals surface area contributed by atoms with Crippen molar-refractivity contribution in [3.8, 4) is 0 Å². The first-order valence-electron chi connectivity index (χ1n) is 7.30. The van der Waals surface area contributed by atoms with Crippen LogP contribution in [0.15, 0.2) is 24.3 Å². The van der Waals surface area contributed by atoms with Gasteiger partial charge in [0.15, 0.2) is 6.61 Å².